The smallest absolute Gasteiger partial charge is 0.0666 e. The van der Waals surface area contributed by atoms with Crippen LogP contribution in [-0.2, 0) is 0 Å². The third-order valence-corrected chi connectivity index (χ3v) is 1.73. The van der Waals surface area contributed by atoms with E-state index in [1.807, 2.05) is 14.0 Å². The largest absolute Gasteiger partial charge is 0.316 e. The van der Waals surface area contributed by atoms with Crippen LogP contribution in [0.5, 0.6) is 0 Å². The Labute approximate surface area is 75.4 Å². The zero-order valence-corrected chi connectivity index (χ0v) is 8.30. The van der Waals surface area contributed by atoms with E-state index in [2.05, 4.69) is 23.2 Å². The minimum Gasteiger partial charge on any atom is -0.316 e. The maximum Gasteiger partial charge on any atom is 0.0666 e. The predicted octanol–water partition coefficient (Wildman–Crippen LogP) is 0.687. The molecule has 0 saturated carbocycles. The monoisotopic (exact) mass is 169 g/mol. The quantitative estimate of drug-likeness (QED) is 0.594. The first-order chi connectivity index (χ1) is 5.70. The van der Waals surface area contributed by atoms with Crippen LogP contribution in [0.15, 0.2) is 0 Å². The van der Waals surface area contributed by atoms with Crippen molar-refractivity contribution in [3.05, 3.63) is 0 Å². The summed E-state index contributed by atoms with van der Waals surface area (Å²) >= 11 is 0. The van der Waals surface area contributed by atoms with Crippen molar-refractivity contribution in [2.75, 3.05) is 33.2 Å². The molecule has 0 bridgehead atoms. The van der Waals surface area contributed by atoms with Crippen molar-refractivity contribution in [1.82, 2.24) is 10.2 Å². The molecule has 0 saturated heterocycles. The predicted molar refractivity (Wildman–Crippen MR) is 50.8 cm³/mol. The van der Waals surface area contributed by atoms with E-state index in [0.29, 0.717) is 0 Å². The number of nitrogens with zero attached hydrogens (tertiary/aromatic N) is 2. The highest BCUT2D eigenvalue weighted by Crippen LogP contribution is 1.94. The van der Waals surface area contributed by atoms with Crippen molar-refractivity contribution in [1.29, 1.82) is 5.26 Å². The zero-order chi connectivity index (χ0) is 9.40. The van der Waals surface area contributed by atoms with Gasteiger partial charge in [-0.15, -0.1) is 0 Å². The van der Waals surface area contributed by atoms with Crippen molar-refractivity contribution in [3.8, 4) is 6.07 Å². The van der Waals surface area contributed by atoms with Crippen LogP contribution < -0.4 is 5.32 Å². The van der Waals surface area contributed by atoms with Gasteiger partial charge in [0.2, 0.25) is 0 Å². The number of nitriles is 1. The van der Waals surface area contributed by atoms with Gasteiger partial charge in [-0.25, -0.2) is 0 Å². The van der Waals surface area contributed by atoms with E-state index >= 15 is 0 Å². The van der Waals surface area contributed by atoms with E-state index in [1.54, 1.807) is 0 Å². The summed E-state index contributed by atoms with van der Waals surface area (Å²) in [4.78, 5) is 2.18. The van der Waals surface area contributed by atoms with Crippen LogP contribution in [0.3, 0.4) is 0 Å². The van der Waals surface area contributed by atoms with Crippen molar-refractivity contribution >= 4 is 0 Å². The lowest BCUT2D eigenvalue weighted by atomic mass is 10.2. The molecule has 0 aromatic heterocycles. The van der Waals surface area contributed by atoms with Crippen molar-refractivity contribution in [2.24, 2.45) is 5.92 Å². The van der Waals surface area contributed by atoms with Crippen molar-refractivity contribution in [3.63, 3.8) is 0 Å². The highest BCUT2D eigenvalue weighted by atomic mass is 15.1. The van der Waals surface area contributed by atoms with Gasteiger partial charge in [0, 0.05) is 19.6 Å². The Balaban J connectivity index is 3.34. The number of nitrogens with one attached hydrogen (secondary N) is 1. The van der Waals surface area contributed by atoms with Gasteiger partial charge >= 0.3 is 0 Å². The normalized spacial score (nSPS) is 12.9. The average Bonchev–Trinajstić information content (AvgIpc) is 2.05. The van der Waals surface area contributed by atoms with Crippen molar-refractivity contribution in [2.45, 2.75) is 13.8 Å². The first kappa shape index (κ1) is 11.4. The molecule has 0 aromatic rings. The Bertz CT molecular complexity index is 139. The molecule has 1 unspecified atom stereocenters. The molecule has 3 nitrogen and oxygen atoms in total. The minimum absolute atomic E-state index is 0.136. The van der Waals surface area contributed by atoms with Gasteiger partial charge < -0.3 is 10.2 Å². The Kier molecular flexibility index (Phi) is 6.73. The summed E-state index contributed by atoms with van der Waals surface area (Å²) in [6.07, 6.45) is 0. The molecule has 1 N–H and O–H groups in total. The molecule has 0 fully saturated rings. The molecular formula is C9H19N3. The van der Waals surface area contributed by atoms with E-state index in [0.717, 1.165) is 26.2 Å². The summed E-state index contributed by atoms with van der Waals surface area (Å²) in [5, 5.41) is 11.8. The molecule has 3 heteroatoms. The summed E-state index contributed by atoms with van der Waals surface area (Å²) in [5.74, 6) is 0.136. The molecule has 0 amide bonds. The molecule has 1 atom stereocenters. The molecule has 0 heterocycles. The van der Waals surface area contributed by atoms with Crippen LogP contribution in [0.25, 0.3) is 0 Å². The number of rotatable bonds is 6. The molecule has 0 spiro atoms. The average molecular weight is 169 g/mol. The van der Waals surface area contributed by atoms with Crippen LogP contribution in [-0.4, -0.2) is 38.1 Å². The first-order valence-electron chi connectivity index (χ1n) is 4.49. The third-order valence-electron chi connectivity index (χ3n) is 1.73. The fourth-order valence-electron chi connectivity index (χ4n) is 1.05. The summed E-state index contributed by atoms with van der Waals surface area (Å²) in [7, 11) is 2.05. The van der Waals surface area contributed by atoms with Crippen LogP contribution >= 0.6 is 0 Å². The van der Waals surface area contributed by atoms with E-state index < -0.39 is 0 Å². The van der Waals surface area contributed by atoms with Gasteiger partial charge in [0.15, 0.2) is 0 Å². The van der Waals surface area contributed by atoms with Gasteiger partial charge in [-0.05, 0) is 20.5 Å². The van der Waals surface area contributed by atoms with E-state index in [4.69, 9.17) is 5.26 Å². The molecule has 0 aliphatic carbocycles. The summed E-state index contributed by atoms with van der Waals surface area (Å²) in [6.45, 7) is 7.94. The topological polar surface area (TPSA) is 39.1 Å². The first-order valence-corrected chi connectivity index (χ1v) is 4.49. The second-order valence-electron chi connectivity index (χ2n) is 3.15. The third kappa shape index (κ3) is 6.14. The molecule has 0 aliphatic rings. The number of hydrogen-bond donors (Lipinski definition) is 1. The van der Waals surface area contributed by atoms with Gasteiger partial charge in [0.1, 0.15) is 0 Å². The molecular weight excluding hydrogens is 150 g/mol. The zero-order valence-electron chi connectivity index (χ0n) is 8.30. The van der Waals surface area contributed by atoms with E-state index in [-0.39, 0.29) is 5.92 Å². The maximum absolute atomic E-state index is 8.56. The fourth-order valence-corrected chi connectivity index (χ4v) is 1.05. The van der Waals surface area contributed by atoms with Crippen LogP contribution in [0.2, 0.25) is 0 Å². The fraction of sp³-hybridized carbons (Fsp3) is 0.889. The van der Waals surface area contributed by atoms with Crippen LogP contribution in [0.4, 0.5) is 0 Å². The van der Waals surface area contributed by atoms with Gasteiger partial charge in [0.05, 0.1) is 12.0 Å². The Hall–Kier alpha value is -0.590. The van der Waals surface area contributed by atoms with E-state index in [1.165, 1.54) is 0 Å². The summed E-state index contributed by atoms with van der Waals surface area (Å²) in [5.41, 5.74) is 0. The minimum atomic E-state index is 0.136. The Morgan fingerprint density at radius 1 is 1.58 bits per heavy atom. The highest BCUT2D eigenvalue weighted by molar-refractivity contribution is 4.80. The van der Waals surface area contributed by atoms with Crippen molar-refractivity contribution < 1.29 is 0 Å². The van der Waals surface area contributed by atoms with Gasteiger partial charge in [-0.2, -0.15) is 5.26 Å². The lowest BCUT2D eigenvalue weighted by molar-refractivity contribution is 0.310. The lowest BCUT2D eigenvalue weighted by Crippen LogP contribution is -2.31. The number of likely N-dealkylation sites (N-methyl/N-ethyl adjacent to an activating group) is 2. The summed E-state index contributed by atoms with van der Waals surface area (Å²) < 4.78 is 0. The van der Waals surface area contributed by atoms with Gasteiger partial charge in [0.25, 0.3) is 0 Å². The molecule has 70 valence electrons. The summed E-state index contributed by atoms with van der Waals surface area (Å²) in [6, 6.07) is 2.22. The molecule has 0 aromatic carbocycles. The van der Waals surface area contributed by atoms with Gasteiger partial charge in [-0.1, -0.05) is 6.92 Å². The second-order valence-corrected chi connectivity index (χ2v) is 3.15. The molecule has 0 radical (unpaired) electrons. The van der Waals surface area contributed by atoms with E-state index in [9.17, 15) is 0 Å². The Morgan fingerprint density at radius 3 is 2.75 bits per heavy atom. The lowest BCUT2D eigenvalue weighted by Gasteiger charge is -2.17. The standard InChI is InChI=1S/C9H19N3/c1-4-11-5-6-12(3)8-9(2)7-10/h9,11H,4-6,8H2,1-3H3. The number of hydrogen-bond acceptors (Lipinski definition) is 3. The molecule has 0 aliphatic heterocycles. The second kappa shape index (κ2) is 7.08. The SMILES string of the molecule is CCNCCN(C)CC(C)C#N. The molecule has 0 rings (SSSR count). The van der Waals surface area contributed by atoms with Crippen LogP contribution in [0, 0.1) is 17.2 Å². The van der Waals surface area contributed by atoms with Gasteiger partial charge in [-0.3, -0.25) is 0 Å². The Morgan fingerprint density at radius 2 is 2.25 bits per heavy atom. The molecule has 12 heavy (non-hydrogen) atoms. The van der Waals surface area contributed by atoms with Crippen LogP contribution in [0.1, 0.15) is 13.8 Å². The highest BCUT2D eigenvalue weighted by Gasteiger charge is 2.03. The maximum atomic E-state index is 8.56.